The number of piperazine rings is 1. The first-order valence-electron chi connectivity index (χ1n) is 7.11. The summed E-state index contributed by atoms with van der Waals surface area (Å²) in [6.45, 7) is 11.9. The van der Waals surface area contributed by atoms with Crippen molar-refractivity contribution in [3.8, 4) is 0 Å². The van der Waals surface area contributed by atoms with Gasteiger partial charge in [0.1, 0.15) is 0 Å². The summed E-state index contributed by atoms with van der Waals surface area (Å²) in [4.78, 5) is 2.58. The van der Waals surface area contributed by atoms with Crippen LogP contribution in [0.5, 0.6) is 0 Å². The van der Waals surface area contributed by atoms with E-state index in [-0.39, 0.29) is 5.60 Å². The fraction of sp³-hybridized carbons (Fsp3) is 1.00. The van der Waals surface area contributed by atoms with Crippen molar-refractivity contribution in [2.45, 2.75) is 57.6 Å². The van der Waals surface area contributed by atoms with Crippen molar-refractivity contribution in [3.05, 3.63) is 0 Å². The van der Waals surface area contributed by atoms with Crippen LogP contribution in [0.3, 0.4) is 0 Å². The molecule has 0 atom stereocenters. The minimum atomic E-state index is -0.000910. The van der Waals surface area contributed by atoms with E-state index in [0.717, 1.165) is 19.7 Å². The van der Waals surface area contributed by atoms with Crippen LogP contribution in [0.1, 0.15) is 46.5 Å². The molecule has 0 radical (unpaired) electrons. The van der Waals surface area contributed by atoms with E-state index in [0.29, 0.717) is 5.54 Å². The lowest BCUT2D eigenvalue weighted by Gasteiger charge is -2.41. The van der Waals surface area contributed by atoms with Gasteiger partial charge < -0.3 is 10.1 Å². The second-order valence-electron chi connectivity index (χ2n) is 6.65. The van der Waals surface area contributed by atoms with Gasteiger partial charge in [-0.2, -0.15) is 0 Å². The predicted molar refractivity (Wildman–Crippen MR) is 71.3 cm³/mol. The summed E-state index contributed by atoms with van der Waals surface area (Å²) in [5, 5.41) is 3.75. The van der Waals surface area contributed by atoms with Crippen molar-refractivity contribution in [2.24, 2.45) is 0 Å². The monoisotopic (exact) mass is 240 g/mol. The molecule has 1 aliphatic carbocycles. The van der Waals surface area contributed by atoms with Gasteiger partial charge >= 0.3 is 0 Å². The molecule has 0 unspecified atom stereocenters. The highest BCUT2D eigenvalue weighted by Crippen LogP contribution is 2.31. The van der Waals surface area contributed by atoms with Gasteiger partial charge in [-0.1, -0.05) is 12.8 Å². The third-order valence-electron chi connectivity index (χ3n) is 3.96. The lowest BCUT2D eigenvalue weighted by atomic mass is 9.94. The van der Waals surface area contributed by atoms with Gasteiger partial charge in [0.05, 0.1) is 12.2 Å². The van der Waals surface area contributed by atoms with Crippen LogP contribution >= 0.6 is 0 Å². The molecule has 0 amide bonds. The van der Waals surface area contributed by atoms with Gasteiger partial charge in [-0.3, -0.25) is 4.90 Å². The number of nitrogens with zero attached hydrogens (tertiary/aromatic N) is 1. The highest BCUT2D eigenvalue weighted by atomic mass is 16.5. The molecule has 3 heteroatoms. The third kappa shape index (κ3) is 3.94. The Bertz CT molecular complexity index is 241. The number of ether oxygens (including phenoxy) is 1. The summed E-state index contributed by atoms with van der Waals surface area (Å²) in [6, 6.07) is 0. The Kier molecular flexibility index (Phi) is 4.11. The third-order valence-corrected chi connectivity index (χ3v) is 3.96. The Morgan fingerprint density at radius 3 is 2.59 bits per heavy atom. The maximum atomic E-state index is 5.82. The molecule has 1 saturated carbocycles. The van der Waals surface area contributed by atoms with E-state index in [1.54, 1.807) is 0 Å². The summed E-state index contributed by atoms with van der Waals surface area (Å²) in [6.07, 6.45) is 5.53. The van der Waals surface area contributed by atoms with Crippen molar-refractivity contribution in [3.63, 3.8) is 0 Å². The van der Waals surface area contributed by atoms with Crippen LogP contribution in [-0.2, 0) is 4.74 Å². The summed E-state index contributed by atoms with van der Waals surface area (Å²) < 4.78 is 5.82. The van der Waals surface area contributed by atoms with E-state index in [1.807, 2.05) is 0 Å². The average molecular weight is 240 g/mol. The van der Waals surface area contributed by atoms with E-state index in [9.17, 15) is 0 Å². The fourth-order valence-electron chi connectivity index (χ4n) is 3.10. The fourth-order valence-corrected chi connectivity index (χ4v) is 3.10. The predicted octanol–water partition coefficient (Wildman–Crippen LogP) is 2.02. The van der Waals surface area contributed by atoms with Crippen molar-refractivity contribution in [1.82, 2.24) is 10.2 Å². The molecule has 100 valence electrons. The number of rotatable bonds is 3. The Balaban J connectivity index is 1.74. The quantitative estimate of drug-likeness (QED) is 0.817. The molecule has 0 aromatic rings. The molecule has 2 fully saturated rings. The van der Waals surface area contributed by atoms with Gasteiger partial charge in [-0.15, -0.1) is 0 Å². The van der Waals surface area contributed by atoms with Crippen molar-refractivity contribution < 1.29 is 4.74 Å². The zero-order chi connectivity index (χ0) is 12.4. The maximum absolute atomic E-state index is 5.82. The molecule has 17 heavy (non-hydrogen) atoms. The average Bonchev–Trinajstić information content (AvgIpc) is 2.64. The number of hydrogen-bond acceptors (Lipinski definition) is 3. The van der Waals surface area contributed by atoms with Crippen LogP contribution < -0.4 is 5.32 Å². The summed E-state index contributed by atoms with van der Waals surface area (Å²) in [7, 11) is 0. The normalized spacial score (nSPS) is 25.6. The van der Waals surface area contributed by atoms with Crippen LogP contribution in [0.4, 0.5) is 0 Å². The van der Waals surface area contributed by atoms with Crippen LogP contribution in [0.25, 0.3) is 0 Å². The van der Waals surface area contributed by atoms with Crippen LogP contribution in [-0.4, -0.2) is 48.8 Å². The van der Waals surface area contributed by atoms with E-state index >= 15 is 0 Å². The maximum Gasteiger partial charge on any atom is 0.0600 e. The zero-order valence-electron chi connectivity index (χ0n) is 11.7. The highest BCUT2D eigenvalue weighted by molar-refractivity contribution is 4.98. The Labute approximate surface area is 106 Å². The molecule has 1 N–H and O–H groups in total. The van der Waals surface area contributed by atoms with E-state index in [2.05, 4.69) is 31.0 Å². The van der Waals surface area contributed by atoms with Crippen LogP contribution in [0.15, 0.2) is 0 Å². The molecule has 3 nitrogen and oxygen atoms in total. The first-order chi connectivity index (χ1) is 7.99. The second-order valence-corrected chi connectivity index (χ2v) is 6.65. The first kappa shape index (κ1) is 13.3. The number of hydrogen-bond donors (Lipinski definition) is 1. The molecule has 1 saturated heterocycles. The van der Waals surface area contributed by atoms with E-state index in [4.69, 9.17) is 4.74 Å². The van der Waals surface area contributed by atoms with Gasteiger partial charge in [-0.05, 0) is 33.6 Å². The van der Waals surface area contributed by atoms with Gasteiger partial charge in [0.2, 0.25) is 0 Å². The van der Waals surface area contributed by atoms with Gasteiger partial charge in [0, 0.05) is 31.7 Å². The first-order valence-corrected chi connectivity index (χ1v) is 7.11. The molecule has 0 aromatic carbocycles. The van der Waals surface area contributed by atoms with Gasteiger partial charge in [-0.25, -0.2) is 0 Å². The standard InChI is InChI=1S/C14H28N2O/c1-13(2,3)17-11-10-16-9-8-15-14(12-16)6-4-5-7-14/h15H,4-12H2,1-3H3. The molecule has 1 heterocycles. The summed E-state index contributed by atoms with van der Waals surface area (Å²) >= 11 is 0. The Morgan fingerprint density at radius 2 is 1.94 bits per heavy atom. The van der Waals surface area contributed by atoms with Crippen molar-refractivity contribution in [2.75, 3.05) is 32.8 Å². The molecule has 0 aromatic heterocycles. The zero-order valence-corrected chi connectivity index (χ0v) is 11.7. The lowest BCUT2D eigenvalue weighted by molar-refractivity contribution is -0.0187. The SMILES string of the molecule is CC(C)(C)OCCN1CCNC2(CCCC2)C1. The largest absolute Gasteiger partial charge is 0.375 e. The lowest BCUT2D eigenvalue weighted by Crippen LogP contribution is -2.59. The molecule has 0 bridgehead atoms. The Morgan fingerprint density at radius 1 is 1.24 bits per heavy atom. The summed E-state index contributed by atoms with van der Waals surface area (Å²) in [5.41, 5.74) is 0.444. The molecule has 2 rings (SSSR count). The molecule has 1 spiro atoms. The van der Waals surface area contributed by atoms with Gasteiger partial charge in [0.15, 0.2) is 0 Å². The molecule has 1 aliphatic heterocycles. The smallest absolute Gasteiger partial charge is 0.0600 e. The Hall–Kier alpha value is -0.120. The summed E-state index contributed by atoms with van der Waals surface area (Å²) in [5.74, 6) is 0. The molecular formula is C14H28N2O. The minimum absolute atomic E-state index is 0.000910. The molecular weight excluding hydrogens is 212 g/mol. The van der Waals surface area contributed by atoms with Crippen molar-refractivity contribution >= 4 is 0 Å². The van der Waals surface area contributed by atoms with E-state index < -0.39 is 0 Å². The number of nitrogens with one attached hydrogen (secondary N) is 1. The minimum Gasteiger partial charge on any atom is -0.375 e. The molecule has 2 aliphatic rings. The van der Waals surface area contributed by atoms with Gasteiger partial charge in [0.25, 0.3) is 0 Å². The topological polar surface area (TPSA) is 24.5 Å². The highest BCUT2D eigenvalue weighted by Gasteiger charge is 2.37. The van der Waals surface area contributed by atoms with Crippen LogP contribution in [0.2, 0.25) is 0 Å². The second kappa shape index (κ2) is 5.25. The van der Waals surface area contributed by atoms with E-state index in [1.165, 1.54) is 38.8 Å². The van der Waals surface area contributed by atoms with Crippen molar-refractivity contribution in [1.29, 1.82) is 0 Å². The van der Waals surface area contributed by atoms with Crippen LogP contribution in [0, 0.1) is 0 Å².